The Morgan fingerprint density at radius 3 is 2.70 bits per heavy atom. The van der Waals surface area contributed by atoms with Gasteiger partial charge in [-0.1, -0.05) is 12.1 Å². The van der Waals surface area contributed by atoms with E-state index in [-0.39, 0.29) is 6.04 Å². The molecule has 102 valence electrons. The summed E-state index contributed by atoms with van der Waals surface area (Å²) in [7, 11) is 1.61. The van der Waals surface area contributed by atoms with Crippen molar-refractivity contribution in [1.29, 1.82) is 5.26 Å². The van der Waals surface area contributed by atoms with Crippen molar-refractivity contribution in [3.63, 3.8) is 0 Å². The van der Waals surface area contributed by atoms with Crippen LogP contribution in [-0.4, -0.2) is 7.11 Å². The Bertz CT molecular complexity index is 649. The molecule has 0 spiro atoms. The van der Waals surface area contributed by atoms with E-state index in [1.165, 1.54) is 6.07 Å². The third-order valence-corrected chi connectivity index (χ3v) is 3.06. The number of anilines is 1. The summed E-state index contributed by atoms with van der Waals surface area (Å²) in [5.74, 6) is 0.329. The highest BCUT2D eigenvalue weighted by Crippen LogP contribution is 2.24. The number of methoxy groups -OCH3 is 1. The van der Waals surface area contributed by atoms with Crippen LogP contribution in [0.15, 0.2) is 42.5 Å². The lowest BCUT2D eigenvalue weighted by atomic mass is 10.1. The van der Waals surface area contributed by atoms with Gasteiger partial charge in [0.25, 0.3) is 0 Å². The van der Waals surface area contributed by atoms with Crippen LogP contribution in [0.5, 0.6) is 5.75 Å². The van der Waals surface area contributed by atoms with Gasteiger partial charge in [0.2, 0.25) is 0 Å². The van der Waals surface area contributed by atoms with Crippen LogP contribution in [0, 0.1) is 17.1 Å². The van der Waals surface area contributed by atoms with Gasteiger partial charge in [-0.05, 0) is 42.8 Å². The quantitative estimate of drug-likeness (QED) is 0.917. The Labute approximate surface area is 117 Å². The van der Waals surface area contributed by atoms with E-state index in [0.29, 0.717) is 11.3 Å². The highest BCUT2D eigenvalue weighted by atomic mass is 19.1. The van der Waals surface area contributed by atoms with Gasteiger partial charge in [-0.15, -0.1) is 0 Å². The first kappa shape index (κ1) is 13.9. The van der Waals surface area contributed by atoms with Gasteiger partial charge < -0.3 is 10.1 Å². The molecule has 0 amide bonds. The summed E-state index contributed by atoms with van der Waals surface area (Å²) >= 11 is 0. The number of hydrogen-bond acceptors (Lipinski definition) is 3. The molecule has 2 rings (SSSR count). The molecule has 0 bridgehead atoms. The van der Waals surface area contributed by atoms with Crippen LogP contribution in [0.3, 0.4) is 0 Å². The van der Waals surface area contributed by atoms with Crippen molar-refractivity contribution in [3.05, 3.63) is 59.4 Å². The first-order chi connectivity index (χ1) is 9.63. The smallest absolute Gasteiger partial charge is 0.147 e. The van der Waals surface area contributed by atoms with Crippen LogP contribution in [-0.2, 0) is 0 Å². The molecule has 0 radical (unpaired) electrons. The monoisotopic (exact) mass is 270 g/mol. The van der Waals surface area contributed by atoms with Crippen LogP contribution in [0.25, 0.3) is 0 Å². The van der Waals surface area contributed by atoms with E-state index < -0.39 is 5.82 Å². The zero-order valence-corrected chi connectivity index (χ0v) is 11.4. The Morgan fingerprint density at radius 2 is 2.05 bits per heavy atom. The summed E-state index contributed by atoms with van der Waals surface area (Å²) in [4.78, 5) is 0. The topological polar surface area (TPSA) is 45.0 Å². The number of hydrogen-bond donors (Lipinski definition) is 1. The molecule has 2 aromatic carbocycles. The van der Waals surface area contributed by atoms with Gasteiger partial charge in [-0.25, -0.2) is 4.39 Å². The minimum absolute atomic E-state index is 0.0764. The molecule has 0 heterocycles. The van der Waals surface area contributed by atoms with Crippen LogP contribution in [0.2, 0.25) is 0 Å². The summed E-state index contributed by atoms with van der Waals surface area (Å²) < 4.78 is 19.0. The number of benzene rings is 2. The Balaban J connectivity index is 2.19. The lowest BCUT2D eigenvalue weighted by Gasteiger charge is -2.17. The molecule has 3 nitrogen and oxygen atoms in total. The largest absolute Gasteiger partial charge is 0.497 e. The zero-order chi connectivity index (χ0) is 14.5. The minimum Gasteiger partial charge on any atom is -0.497 e. The summed E-state index contributed by atoms with van der Waals surface area (Å²) in [6.07, 6.45) is 0. The molecule has 2 aromatic rings. The molecule has 4 heteroatoms. The molecular weight excluding hydrogens is 255 g/mol. The van der Waals surface area contributed by atoms with E-state index in [4.69, 9.17) is 10.00 Å². The zero-order valence-electron chi connectivity index (χ0n) is 11.4. The fourth-order valence-electron chi connectivity index (χ4n) is 1.93. The molecule has 0 aliphatic carbocycles. The lowest BCUT2D eigenvalue weighted by Crippen LogP contribution is -2.08. The Kier molecular flexibility index (Phi) is 4.21. The number of rotatable bonds is 4. The highest BCUT2D eigenvalue weighted by molar-refractivity contribution is 5.50. The molecule has 1 unspecified atom stereocenters. The van der Waals surface area contributed by atoms with Crippen molar-refractivity contribution in [2.75, 3.05) is 12.4 Å². The van der Waals surface area contributed by atoms with Crippen molar-refractivity contribution in [2.24, 2.45) is 0 Å². The predicted molar refractivity (Wildman–Crippen MR) is 76.1 cm³/mol. The van der Waals surface area contributed by atoms with Crippen LogP contribution in [0.1, 0.15) is 24.1 Å². The van der Waals surface area contributed by atoms with E-state index in [9.17, 15) is 4.39 Å². The molecule has 0 aliphatic heterocycles. The fourth-order valence-corrected chi connectivity index (χ4v) is 1.93. The SMILES string of the molecule is COc1cccc(C(C)Nc2ccc(C#N)cc2F)c1. The summed E-state index contributed by atoms with van der Waals surface area (Å²) in [6, 6.07) is 13.8. The highest BCUT2D eigenvalue weighted by Gasteiger charge is 2.10. The molecule has 0 saturated carbocycles. The third-order valence-electron chi connectivity index (χ3n) is 3.06. The second-order valence-electron chi connectivity index (χ2n) is 4.45. The van der Waals surface area contributed by atoms with Gasteiger partial charge in [0, 0.05) is 6.04 Å². The molecular formula is C16H15FN2O. The van der Waals surface area contributed by atoms with Crippen LogP contribution in [0.4, 0.5) is 10.1 Å². The molecule has 1 atom stereocenters. The minimum atomic E-state index is -0.432. The maximum Gasteiger partial charge on any atom is 0.147 e. The second-order valence-corrected chi connectivity index (χ2v) is 4.45. The number of ether oxygens (including phenoxy) is 1. The first-order valence-electron chi connectivity index (χ1n) is 6.24. The van der Waals surface area contributed by atoms with Gasteiger partial charge in [0.05, 0.1) is 24.4 Å². The van der Waals surface area contributed by atoms with Crippen molar-refractivity contribution < 1.29 is 9.13 Å². The van der Waals surface area contributed by atoms with Gasteiger partial charge in [-0.2, -0.15) is 5.26 Å². The van der Waals surface area contributed by atoms with E-state index in [0.717, 1.165) is 11.3 Å². The van der Waals surface area contributed by atoms with Gasteiger partial charge >= 0.3 is 0 Å². The summed E-state index contributed by atoms with van der Waals surface area (Å²) in [6.45, 7) is 1.94. The Hall–Kier alpha value is -2.54. The standard InChI is InChI=1S/C16H15FN2O/c1-11(13-4-3-5-14(9-13)20-2)19-16-7-6-12(10-18)8-15(16)17/h3-9,11,19H,1-2H3. The Morgan fingerprint density at radius 1 is 1.25 bits per heavy atom. The van der Waals surface area contributed by atoms with Gasteiger partial charge in [0.15, 0.2) is 0 Å². The van der Waals surface area contributed by atoms with Gasteiger partial charge in [-0.3, -0.25) is 0 Å². The molecule has 0 fully saturated rings. The maximum absolute atomic E-state index is 13.8. The van der Waals surface area contributed by atoms with E-state index in [2.05, 4.69) is 5.32 Å². The average Bonchev–Trinajstić information content (AvgIpc) is 2.49. The van der Waals surface area contributed by atoms with Crippen molar-refractivity contribution in [3.8, 4) is 11.8 Å². The molecule has 0 aromatic heterocycles. The van der Waals surface area contributed by atoms with Crippen LogP contribution >= 0.6 is 0 Å². The lowest BCUT2D eigenvalue weighted by molar-refractivity contribution is 0.414. The third kappa shape index (κ3) is 3.07. The maximum atomic E-state index is 13.8. The normalized spacial score (nSPS) is 11.5. The van der Waals surface area contributed by atoms with Crippen molar-refractivity contribution in [1.82, 2.24) is 0 Å². The molecule has 20 heavy (non-hydrogen) atoms. The fraction of sp³-hybridized carbons (Fsp3) is 0.188. The van der Waals surface area contributed by atoms with E-state index in [1.807, 2.05) is 37.3 Å². The number of nitrogens with zero attached hydrogens (tertiary/aromatic N) is 1. The van der Waals surface area contributed by atoms with E-state index >= 15 is 0 Å². The second kappa shape index (κ2) is 6.07. The van der Waals surface area contributed by atoms with Gasteiger partial charge in [0.1, 0.15) is 11.6 Å². The molecule has 1 N–H and O–H groups in total. The van der Waals surface area contributed by atoms with Crippen molar-refractivity contribution in [2.45, 2.75) is 13.0 Å². The average molecular weight is 270 g/mol. The molecule has 0 aliphatic rings. The number of nitrogens with one attached hydrogen (secondary N) is 1. The first-order valence-corrected chi connectivity index (χ1v) is 6.24. The van der Waals surface area contributed by atoms with Crippen LogP contribution < -0.4 is 10.1 Å². The summed E-state index contributed by atoms with van der Waals surface area (Å²) in [5, 5.41) is 11.8. The number of halogens is 1. The number of nitriles is 1. The summed E-state index contributed by atoms with van der Waals surface area (Å²) in [5.41, 5.74) is 1.68. The molecule has 0 saturated heterocycles. The van der Waals surface area contributed by atoms with Crippen molar-refractivity contribution >= 4 is 5.69 Å². The van der Waals surface area contributed by atoms with E-state index in [1.54, 1.807) is 19.2 Å². The predicted octanol–water partition coefficient (Wildman–Crippen LogP) is 3.88.